The van der Waals surface area contributed by atoms with Gasteiger partial charge in [0.1, 0.15) is 0 Å². The maximum Gasteiger partial charge on any atom is 0.306 e. The lowest BCUT2D eigenvalue weighted by molar-refractivity contribution is -0.142. The molecule has 7 heteroatoms. The Hall–Kier alpha value is -1.18. The number of carboxylic acid groups (broad SMARTS) is 1. The van der Waals surface area contributed by atoms with Gasteiger partial charge in [-0.2, -0.15) is 0 Å². The normalized spacial score (nSPS) is 13.9. The molecule has 1 aliphatic heterocycles. The van der Waals surface area contributed by atoms with Crippen molar-refractivity contribution in [3.05, 3.63) is 0 Å². The number of carbonyl (C=O) groups excluding carboxylic acids is 1. The molecule has 1 N–H and O–H groups in total. The molecule has 1 aliphatic rings. The van der Waals surface area contributed by atoms with Crippen LogP contribution in [-0.4, -0.2) is 109 Å². The Labute approximate surface area is 451 Å². The smallest absolute Gasteiger partial charge is 0.306 e. The Bertz CT molecular complexity index is 1110. The van der Waals surface area contributed by atoms with Gasteiger partial charge in [-0.05, 0) is 109 Å². The molecular formula is C65H130N4O3. The number of hydrogen-bond acceptors (Lipinski definition) is 5. The maximum absolute atomic E-state index is 14.1. The fourth-order valence-corrected chi connectivity index (χ4v) is 11.5. The van der Waals surface area contributed by atoms with E-state index in [0.29, 0.717) is 18.4 Å². The Morgan fingerprint density at radius 1 is 0.375 bits per heavy atom. The van der Waals surface area contributed by atoms with Crippen LogP contribution in [0, 0.1) is 11.8 Å². The van der Waals surface area contributed by atoms with Crippen LogP contribution in [0.15, 0.2) is 0 Å². The molecule has 1 heterocycles. The molecule has 7 nitrogen and oxygen atoms in total. The van der Waals surface area contributed by atoms with E-state index >= 15 is 0 Å². The summed E-state index contributed by atoms with van der Waals surface area (Å²) in [4.78, 5) is 36.6. The van der Waals surface area contributed by atoms with E-state index in [1.165, 1.54) is 264 Å². The fraction of sp³-hybridized carbons (Fsp3) is 0.969. The van der Waals surface area contributed by atoms with Crippen LogP contribution in [0.5, 0.6) is 0 Å². The van der Waals surface area contributed by atoms with Crippen LogP contribution >= 0.6 is 0 Å². The van der Waals surface area contributed by atoms with E-state index in [4.69, 9.17) is 0 Å². The van der Waals surface area contributed by atoms with Crippen LogP contribution in [0.2, 0.25) is 0 Å². The first kappa shape index (κ1) is 68.8. The van der Waals surface area contributed by atoms with Crippen molar-refractivity contribution in [3.63, 3.8) is 0 Å². The number of amides is 1. The lowest BCUT2D eigenvalue weighted by atomic mass is 9.93. The van der Waals surface area contributed by atoms with Crippen LogP contribution in [-0.2, 0) is 9.59 Å². The van der Waals surface area contributed by atoms with E-state index in [0.717, 1.165) is 90.8 Å². The van der Waals surface area contributed by atoms with Crippen molar-refractivity contribution in [3.8, 4) is 0 Å². The molecular weight excluding hydrogens is 885 g/mol. The first-order valence-corrected chi connectivity index (χ1v) is 33.1. The number of likely N-dealkylation sites (tertiary alicyclic amines) is 1. The maximum atomic E-state index is 14.1. The highest BCUT2D eigenvalue weighted by molar-refractivity contribution is 5.78. The number of carboxylic acids is 1. The highest BCUT2D eigenvalue weighted by atomic mass is 16.4. The van der Waals surface area contributed by atoms with E-state index in [2.05, 4.69) is 54.2 Å². The minimum atomic E-state index is -0.584. The molecule has 72 heavy (non-hydrogen) atoms. The van der Waals surface area contributed by atoms with Crippen molar-refractivity contribution < 1.29 is 14.7 Å². The second kappa shape index (κ2) is 53.2. The van der Waals surface area contributed by atoms with Crippen molar-refractivity contribution in [2.75, 3.05) is 72.0 Å². The number of piperidine rings is 1. The van der Waals surface area contributed by atoms with Gasteiger partial charge < -0.3 is 19.8 Å². The van der Waals surface area contributed by atoms with Gasteiger partial charge in [0, 0.05) is 26.2 Å². The molecule has 0 radical (unpaired) electrons. The molecule has 0 aromatic heterocycles. The van der Waals surface area contributed by atoms with Crippen molar-refractivity contribution in [2.45, 2.75) is 324 Å². The molecule has 1 fully saturated rings. The van der Waals surface area contributed by atoms with E-state index in [-0.39, 0.29) is 5.92 Å². The quantitative estimate of drug-likeness (QED) is 0.0613. The van der Waals surface area contributed by atoms with Gasteiger partial charge in [0.2, 0.25) is 5.91 Å². The first-order chi connectivity index (χ1) is 35.4. The summed E-state index contributed by atoms with van der Waals surface area (Å²) in [5.74, 6) is 0.305. The minimum absolute atomic E-state index is 0.175. The summed E-state index contributed by atoms with van der Waals surface area (Å²) < 4.78 is 0. The summed E-state index contributed by atoms with van der Waals surface area (Å²) >= 11 is 0. The third kappa shape index (κ3) is 43.0. The van der Waals surface area contributed by atoms with Gasteiger partial charge in [-0.15, -0.1) is 0 Å². The molecule has 1 rings (SSSR count). The van der Waals surface area contributed by atoms with Crippen LogP contribution in [0.25, 0.3) is 0 Å². The lowest BCUT2D eigenvalue weighted by Gasteiger charge is -2.35. The summed E-state index contributed by atoms with van der Waals surface area (Å²) in [5.41, 5.74) is 0. The van der Waals surface area contributed by atoms with Gasteiger partial charge in [-0.1, -0.05) is 259 Å². The molecule has 0 bridgehead atoms. The van der Waals surface area contributed by atoms with Gasteiger partial charge in [-0.3, -0.25) is 14.5 Å². The number of carbonyl (C=O) groups is 2. The SMILES string of the molecule is CCCCCCCCCCCCCCN(CCCCC(CCCCCCC)C(=O)O)CCC1CCN(C(=O)CN(CCCCCCCCC)CCN(CCCCCCCCC)CCCCCCCCC)CC1. The predicted octanol–water partition coefficient (Wildman–Crippen LogP) is 18.7. The van der Waals surface area contributed by atoms with Crippen LogP contribution < -0.4 is 0 Å². The lowest BCUT2D eigenvalue weighted by Crippen LogP contribution is -2.46. The van der Waals surface area contributed by atoms with Crippen LogP contribution in [0.3, 0.4) is 0 Å². The van der Waals surface area contributed by atoms with Crippen LogP contribution in [0.4, 0.5) is 0 Å². The number of rotatable bonds is 57. The van der Waals surface area contributed by atoms with Gasteiger partial charge in [0.05, 0.1) is 12.5 Å². The summed E-state index contributed by atoms with van der Waals surface area (Å²) in [6, 6.07) is 0. The van der Waals surface area contributed by atoms with E-state index in [9.17, 15) is 14.7 Å². The number of hydrogen-bond donors (Lipinski definition) is 1. The number of nitrogens with zero attached hydrogens (tertiary/aromatic N) is 4. The molecule has 0 aromatic carbocycles. The summed E-state index contributed by atoms with van der Waals surface area (Å²) in [7, 11) is 0. The Balaban J connectivity index is 2.78. The van der Waals surface area contributed by atoms with Crippen molar-refractivity contribution in [2.24, 2.45) is 11.8 Å². The monoisotopic (exact) mass is 1020 g/mol. The first-order valence-electron chi connectivity index (χ1n) is 33.1. The van der Waals surface area contributed by atoms with Crippen molar-refractivity contribution in [1.29, 1.82) is 0 Å². The molecule has 0 saturated carbocycles. The topological polar surface area (TPSA) is 67.3 Å². The highest BCUT2D eigenvalue weighted by Gasteiger charge is 2.25. The van der Waals surface area contributed by atoms with Gasteiger partial charge >= 0.3 is 5.97 Å². The molecule has 1 atom stereocenters. The van der Waals surface area contributed by atoms with Gasteiger partial charge in [0.25, 0.3) is 0 Å². The highest BCUT2D eigenvalue weighted by Crippen LogP contribution is 2.23. The third-order valence-electron chi connectivity index (χ3n) is 16.8. The molecule has 1 saturated heterocycles. The minimum Gasteiger partial charge on any atom is -0.481 e. The molecule has 1 amide bonds. The average molecular weight is 1020 g/mol. The number of unbranched alkanes of at least 4 members (excludes halogenated alkanes) is 34. The largest absolute Gasteiger partial charge is 0.481 e. The molecule has 0 spiro atoms. The third-order valence-corrected chi connectivity index (χ3v) is 16.8. The van der Waals surface area contributed by atoms with E-state index in [1.807, 2.05) is 0 Å². The predicted molar refractivity (Wildman–Crippen MR) is 317 cm³/mol. The van der Waals surface area contributed by atoms with Crippen molar-refractivity contribution >= 4 is 11.9 Å². The van der Waals surface area contributed by atoms with Gasteiger partial charge in [-0.25, -0.2) is 0 Å². The van der Waals surface area contributed by atoms with Gasteiger partial charge in [0.15, 0.2) is 0 Å². The zero-order valence-electron chi connectivity index (χ0n) is 49.8. The standard InChI is InChI=1S/C65H130N4O3/c1-6-11-16-21-25-26-27-28-29-33-37-41-51-66(54-45-40-47-63(65(71)72)46-39-34-20-15-10-5)56-48-62-49-57-69(58-50-62)64(70)61-68(55-44-38-32-24-19-14-9-4)60-59-67(52-42-35-30-22-17-12-7-2)53-43-36-31-23-18-13-8-3/h62-63H,6-61H2,1-5H3,(H,71,72). The molecule has 0 aliphatic carbocycles. The van der Waals surface area contributed by atoms with E-state index in [1.54, 1.807) is 0 Å². The van der Waals surface area contributed by atoms with Crippen molar-refractivity contribution in [1.82, 2.24) is 19.6 Å². The zero-order valence-corrected chi connectivity index (χ0v) is 49.8. The van der Waals surface area contributed by atoms with Crippen LogP contribution in [0.1, 0.15) is 324 Å². The molecule has 428 valence electrons. The second-order valence-electron chi connectivity index (χ2n) is 23.6. The Kier molecular flexibility index (Phi) is 50.9. The summed E-state index contributed by atoms with van der Waals surface area (Å²) in [6.45, 7) is 23.0. The second-order valence-corrected chi connectivity index (χ2v) is 23.6. The molecule has 0 aromatic rings. The number of aliphatic carboxylic acids is 1. The fourth-order valence-electron chi connectivity index (χ4n) is 11.5. The van der Waals surface area contributed by atoms with E-state index < -0.39 is 5.97 Å². The Morgan fingerprint density at radius 2 is 0.653 bits per heavy atom. The average Bonchev–Trinajstić information content (AvgIpc) is 3.38. The summed E-state index contributed by atoms with van der Waals surface area (Å²) in [6.07, 6.45) is 58.2. The molecule has 1 unspecified atom stereocenters. The zero-order chi connectivity index (χ0) is 52.2. The Morgan fingerprint density at radius 3 is 1.01 bits per heavy atom. The summed E-state index contributed by atoms with van der Waals surface area (Å²) in [5, 5.41) is 9.98.